The quantitative estimate of drug-likeness (QED) is 0.784. The van der Waals surface area contributed by atoms with Gasteiger partial charge < -0.3 is 14.7 Å². The van der Waals surface area contributed by atoms with Gasteiger partial charge in [0.2, 0.25) is 5.91 Å². The third-order valence-electron chi connectivity index (χ3n) is 4.14. The highest BCUT2D eigenvalue weighted by atomic mass is 32.1. The molecule has 1 aromatic carbocycles. The fourth-order valence-electron chi connectivity index (χ4n) is 2.67. The van der Waals surface area contributed by atoms with E-state index in [9.17, 15) is 4.79 Å². The van der Waals surface area contributed by atoms with Crippen LogP contribution in [0.2, 0.25) is 0 Å². The summed E-state index contributed by atoms with van der Waals surface area (Å²) < 4.78 is 5.82. The topological polar surface area (TPSA) is 62.7 Å². The number of carbonyl (C=O) groups is 1. The lowest BCUT2D eigenvalue weighted by molar-refractivity contribution is -0.135. The number of hydrogen-bond donors (Lipinski definition) is 1. The van der Waals surface area contributed by atoms with E-state index >= 15 is 0 Å². The van der Waals surface area contributed by atoms with E-state index in [1.54, 1.807) is 0 Å². The number of ether oxygens (including phenoxy) is 1. The van der Waals surface area contributed by atoms with E-state index in [0.717, 1.165) is 29.2 Å². The van der Waals surface area contributed by atoms with Gasteiger partial charge in [-0.05, 0) is 30.5 Å². The highest BCUT2D eigenvalue weighted by molar-refractivity contribution is 7.09. The molecule has 2 aromatic rings. The molecule has 6 heteroatoms. The summed E-state index contributed by atoms with van der Waals surface area (Å²) in [6.45, 7) is 4.86. The lowest BCUT2D eigenvalue weighted by atomic mass is 10.1. The number of nitrogens with zero attached hydrogens (tertiary/aromatic N) is 2. The molecule has 0 radical (unpaired) electrons. The van der Waals surface area contributed by atoms with E-state index in [4.69, 9.17) is 9.84 Å². The molecule has 1 aromatic heterocycles. The first kappa shape index (κ1) is 17.9. The predicted octanol–water partition coefficient (Wildman–Crippen LogP) is 3.36. The van der Waals surface area contributed by atoms with E-state index in [1.165, 1.54) is 11.3 Å². The fraction of sp³-hybridized carbons (Fsp3) is 0.474. The highest BCUT2D eigenvalue weighted by Gasteiger charge is 2.33. The zero-order valence-electron chi connectivity index (χ0n) is 14.6. The average molecular weight is 360 g/mol. The van der Waals surface area contributed by atoms with Gasteiger partial charge in [0.1, 0.15) is 17.4 Å². The molecule has 0 spiro atoms. The number of benzene rings is 1. The molecular weight excluding hydrogens is 336 g/mol. The fourth-order valence-corrected chi connectivity index (χ4v) is 3.36. The van der Waals surface area contributed by atoms with Crippen LogP contribution >= 0.6 is 11.3 Å². The number of carbonyl (C=O) groups excluding carboxylic acids is 1. The van der Waals surface area contributed by atoms with Gasteiger partial charge in [-0.15, -0.1) is 11.3 Å². The lowest BCUT2D eigenvalue weighted by Crippen LogP contribution is -2.35. The molecule has 1 N–H and O–H groups in total. The third kappa shape index (κ3) is 4.80. The molecule has 134 valence electrons. The molecule has 5 nitrogen and oxygen atoms in total. The summed E-state index contributed by atoms with van der Waals surface area (Å²) in [5, 5.41) is 11.7. The zero-order chi connectivity index (χ0) is 17.8. The Balaban J connectivity index is 1.63. The SMILES string of the molecule is CC(C)C(=O)N(Cc1cccc(OCc2nc(CO)cs2)c1)C1CC1. The normalized spacial score (nSPS) is 13.9. The van der Waals surface area contributed by atoms with Crippen molar-refractivity contribution in [3.63, 3.8) is 0 Å². The van der Waals surface area contributed by atoms with Crippen LogP contribution in [0.1, 0.15) is 43.0 Å². The van der Waals surface area contributed by atoms with Crippen LogP contribution in [0.25, 0.3) is 0 Å². The van der Waals surface area contributed by atoms with Gasteiger partial charge in [0.15, 0.2) is 0 Å². The summed E-state index contributed by atoms with van der Waals surface area (Å²) in [4.78, 5) is 18.7. The Kier molecular flexibility index (Phi) is 5.71. The van der Waals surface area contributed by atoms with E-state index in [0.29, 0.717) is 24.9 Å². The third-order valence-corrected chi connectivity index (χ3v) is 5.01. The Bertz CT molecular complexity index is 725. The Morgan fingerprint density at radius 3 is 2.88 bits per heavy atom. The van der Waals surface area contributed by atoms with Crippen molar-refractivity contribution in [2.24, 2.45) is 5.92 Å². The number of aromatic nitrogens is 1. The first-order valence-electron chi connectivity index (χ1n) is 8.63. The lowest BCUT2D eigenvalue weighted by Gasteiger charge is -2.24. The van der Waals surface area contributed by atoms with Crippen LogP contribution in [-0.2, 0) is 24.6 Å². The van der Waals surface area contributed by atoms with Gasteiger partial charge in [0.25, 0.3) is 0 Å². The number of hydrogen-bond acceptors (Lipinski definition) is 5. The largest absolute Gasteiger partial charge is 0.486 e. The van der Waals surface area contributed by atoms with E-state index in [1.807, 2.05) is 48.4 Å². The van der Waals surface area contributed by atoms with Crippen LogP contribution < -0.4 is 4.74 Å². The molecule has 0 bridgehead atoms. The molecule has 0 atom stereocenters. The van der Waals surface area contributed by atoms with E-state index in [-0.39, 0.29) is 18.4 Å². The maximum atomic E-state index is 12.4. The van der Waals surface area contributed by atoms with Gasteiger partial charge in [-0.1, -0.05) is 26.0 Å². The summed E-state index contributed by atoms with van der Waals surface area (Å²) >= 11 is 1.48. The van der Waals surface area contributed by atoms with Crippen molar-refractivity contribution in [3.8, 4) is 5.75 Å². The molecule has 0 aliphatic heterocycles. The van der Waals surface area contributed by atoms with Crippen molar-refractivity contribution in [2.45, 2.75) is 52.5 Å². The van der Waals surface area contributed by atoms with Crippen LogP contribution in [0.3, 0.4) is 0 Å². The molecule has 0 saturated heterocycles. The van der Waals surface area contributed by atoms with Gasteiger partial charge >= 0.3 is 0 Å². The van der Waals surface area contributed by atoms with Crippen LogP contribution in [0, 0.1) is 5.92 Å². The summed E-state index contributed by atoms with van der Waals surface area (Å²) in [6.07, 6.45) is 2.21. The second-order valence-electron chi connectivity index (χ2n) is 6.68. The van der Waals surface area contributed by atoms with Gasteiger partial charge in [-0.25, -0.2) is 4.98 Å². The van der Waals surface area contributed by atoms with Gasteiger partial charge in [0, 0.05) is 23.9 Å². The van der Waals surface area contributed by atoms with Crippen molar-refractivity contribution in [1.82, 2.24) is 9.88 Å². The van der Waals surface area contributed by atoms with Gasteiger partial charge in [0.05, 0.1) is 12.3 Å². The summed E-state index contributed by atoms with van der Waals surface area (Å²) in [6, 6.07) is 8.28. The summed E-state index contributed by atoms with van der Waals surface area (Å²) in [7, 11) is 0. The molecule has 1 saturated carbocycles. The average Bonchev–Trinajstić information content (AvgIpc) is 3.35. The molecule has 3 rings (SSSR count). The van der Waals surface area contributed by atoms with Crippen LogP contribution in [0.15, 0.2) is 29.6 Å². The van der Waals surface area contributed by atoms with Crippen molar-refractivity contribution < 1.29 is 14.6 Å². The number of amides is 1. The molecule has 1 aliphatic carbocycles. The molecular formula is C19H24N2O3S. The van der Waals surface area contributed by atoms with Crippen LogP contribution in [0.5, 0.6) is 5.75 Å². The predicted molar refractivity (Wildman–Crippen MR) is 97.2 cm³/mol. The van der Waals surface area contributed by atoms with Gasteiger partial charge in [-0.2, -0.15) is 0 Å². The zero-order valence-corrected chi connectivity index (χ0v) is 15.5. The number of aliphatic hydroxyl groups is 1. The molecule has 25 heavy (non-hydrogen) atoms. The second kappa shape index (κ2) is 7.97. The Hall–Kier alpha value is -1.92. The molecule has 1 aliphatic rings. The molecule has 1 fully saturated rings. The molecule has 1 amide bonds. The second-order valence-corrected chi connectivity index (χ2v) is 7.62. The first-order valence-corrected chi connectivity index (χ1v) is 9.51. The van der Waals surface area contributed by atoms with Crippen molar-refractivity contribution in [2.75, 3.05) is 0 Å². The minimum atomic E-state index is -0.0487. The standard InChI is InChI=1S/C19H24N2O3S/c1-13(2)19(23)21(16-6-7-16)9-14-4-3-5-17(8-14)24-11-18-20-15(10-22)12-25-18/h3-5,8,12-13,16,22H,6-7,9-11H2,1-2H3. The minimum absolute atomic E-state index is 0.0191. The number of thiazole rings is 1. The number of aliphatic hydroxyl groups excluding tert-OH is 1. The minimum Gasteiger partial charge on any atom is -0.486 e. The Morgan fingerprint density at radius 2 is 2.24 bits per heavy atom. The first-order chi connectivity index (χ1) is 12.1. The van der Waals surface area contributed by atoms with E-state index < -0.39 is 0 Å². The monoisotopic (exact) mass is 360 g/mol. The Morgan fingerprint density at radius 1 is 1.44 bits per heavy atom. The van der Waals surface area contributed by atoms with Crippen molar-refractivity contribution in [1.29, 1.82) is 0 Å². The van der Waals surface area contributed by atoms with Crippen LogP contribution in [-0.4, -0.2) is 26.9 Å². The van der Waals surface area contributed by atoms with Crippen molar-refractivity contribution >= 4 is 17.2 Å². The smallest absolute Gasteiger partial charge is 0.225 e. The Labute approximate surface area is 152 Å². The van der Waals surface area contributed by atoms with Crippen LogP contribution in [0.4, 0.5) is 0 Å². The van der Waals surface area contributed by atoms with E-state index in [2.05, 4.69) is 4.98 Å². The summed E-state index contributed by atoms with van der Waals surface area (Å²) in [5.74, 6) is 1.00. The van der Waals surface area contributed by atoms with Gasteiger partial charge in [-0.3, -0.25) is 4.79 Å². The molecule has 1 heterocycles. The maximum Gasteiger partial charge on any atom is 0.225 e. The molecule has 0 unspecified atom stereocenters. The highest BCUT2D eigenvalue weighted by Crippen LogP contribution is 2.30. The maximum absolute atomic E-state index is 12.4. The number of rotatable bonds is 8. The van der Waals surface area contributed by atoms with Crippen molar-refractivity contribution in [3.05, 3.63) is 45.9 Å². The summed E-state index contributed by atoms with van der Waals surface area (Å²) in [5.41, 5.74) is 1.75.